The van der Waals surface area contributed by atoms with Crippen molar-refractivity contribution >= 4 is 16.5 Å². The maximum atomic E-state index is 8.79. The first-order valence-electron chi connectivity index (χ1n) is 5.69. The molecule has 0 saturated carbocycles. The monoisotopic (exact) mass is 244 g/mol. The predicted molar refractivity (Wildman–Crippen MR) is 66.7 cm³/mol. The lowest BCUT2D eigenvalue weighted by Gasteiger charge is -2.17. The molecular formula is C10H20N4OS. The molecule has 0 spiro atoms. The normalized spacial score (nSPS) is 11.0. The zero-order valence-corrected chi connectivity index (χ0v) is 10.8. The zero-order chi connectivity index (χ0) is 11.8. The van der Waals surface area contributed by atoms with E-state index in [1.165, 1.54) is 0 Å². The molecule has 1 aromatic heterocycles. The molecule has 2 N–H and O–H groups in total. The molecule has 1 aromatic rings. The van der Waals surface area contributed by atoms with Crippen LogP contribution in [-0.2, 0) is 6.54 Å². The largest absolute Gasteiger partial charge is 0.396 e. The van der Waals surface area contributed by atoms with Gasteiger partial charge in [0.2, 0.25) is 5.13 Å². The van der Waals surface area contributed by atoms with Crippen molar-refractivity contribution in [1.29, 1.82) is 0 Å². The SMILES string of the molecule is CCNc1nnc(CN(CC)CCCO)s1. The number of anilines is 1. The van der Waals surface area contributed by atoms with E-state index in [0.717, 1.165) is 42.7 Å². The van der Waals surface area contributed by atoms with Gasteiger partial charge in [-0.15, -0.1) is 10.2 Å². The van der Waals surface area contributed by atoms with Crippen molar-refractivity contribution in [2.24, 2.45) is 0 Å². The Morgan fingerprint density at radius 3 is 2.81 bits per heavy atom. The van der Waals surface area contributed by atoms with Gasteiger partial charge in [-0.1, -0.05) is 18.3 Å². The summed E-state index contributed by atoms with van der Waals surface area (Å²) >= 11 is 1.60. The average molecular weight is 244 g/mol. The Morgan fingerprint density at radius 2 is 2.19 bits per heavy atom. The Labute approximate surface area is 101 Å². The Morgan fingerprint density at radius 1 is 1.38 bits per heavy atom. The molecule has 0 amide bonds. The van der Waals surface area contributed by atoms with Gasteiger partial charge in [0.05, 0.1) is 6.54 Å². The second-order valence-corrected chi connectivity index (χ2v) is 4.54. The minimum atomic E-state index is 0.245. The zero-order valence-electron chi connectivity index (χ0n) is 9.94. The number of hydrogen-bond donors (Lipinski definition) is 2. The van der Waals surface area contributed by atoms with Crippen molar-refractivity contribution in [3.63, 3.8) is 0 Å². The van der Waals surface area contributed by atoms with Crippen LogP contribution in [0.15, 0.2) is 0 Å². The van der Waals surface area contributed by atoms with Crippen LogP contribution < -0.4 is 5.32 Å². The highest BCUT2D eigenvalue weighted by Crippen LogP contribution is 2.16. The van der Waals surface area contributed by atoms with Crippen LogP contribution in [0, 0.1) is 0 Å². The summed E-state index contributed by atoms with van der Waals surface area (Å²) < 4.78 is 0. The van der Waals surface area contributed by atoms with Crippen LogP contribution >= 0.6 is 11.3 Å². The molecule has 0 saturated heterocycles. The Kier molecular flexibility index (Phi) is 6.29. The summed E-state index contributed by atoms with van der Waals surface area (Å²) in [5, 5.41) is 22.0. The van der Waals surface area contributed by atoms with E-state index in [1.54, 1.807) is 11.3 Å². The van der Waals surface area contributed by atoms with Crippen LogP contribution in [0.4, 0.5) is 5.13 Å². The van der Waals surface area contributed by atoms with Crippen LogP contribution in [0.2, 0.25) is 0 Å². The van der Waals surface area contributed by atoms with Gasteiger partial charge in [0.1, 0.15) is 5.01 Å². The van der Waals surface area contributed by atoms with E-state index in [4.69, 9.17) is 5.11 Å². The Balaban J connectivity index is 2.43. The molecule has 0 fully saturated rings. The van der Waals surface area contributed by atoms with E-state index < -0.39 is 0 Å². The number of aliphatic hydroxyl groups excluding tert-OH is 1. The highest BCUT2D eigenvalue weighted by Gasteiger charge is 2.08. The molecule has 0 aliphatic carbocycles. The molecule has 0 radical (unpaired) electrons. The first-order chi connectivity index (χ1) is 7.80. The topological polar surface area (TPSA) is 61.3 Å². The number of aliphatic hydroxyl groups is 1. The highest BCUT2D eigenvalue weighted by molar-refractivity contribution is 7.15. The smallest absolute Gasteiger partial charge is 0.205 e. The second-order valence-electron chi connectivity index (χ2n) is 3.48. The third-order valence-corrected chi connectivity index (χ3v) is 3.10. The summed E-state index contributed by atoms with van der Waals surface area (Å²) in [7, 11) is 0. The fourth-order valence-electron chi connectivity index (χ4n) is 1.37. The van der Waals surface area contributed by atoms with Crippen molar-refractivity contribution < 1.29 is 5.11 Å². The fourth-order valence-corrected chi connectivity index (χ4v) is 2.22. The van der Waals surface area contributed by atoms with Gasteiger partial charge in [-0.3, -0.25) is 4.90 Å². The average Bonchev–Trinajstić information content (AvgIpc) is 2.72. The van der Waals surface area contributed by atoms with Gasteiger partial charge >= 0.3 is 0 Å². The predicted octanol–water partition coefficient (Wildman–Crippen LogP) is 1.17. The molecule has 1 rings (SSSR count). The molecule has 0 aromatic carbocycles. The Hall–Kier alpha value is -0.720. The van der Waals surface area contributed by atoms with Crippen LogP contribution in [-0.4, -0.2) is 46.4 Å². The van der Waals surface area contributed by atoms with E-state index >= 15 is 0 Å². The Bertz CT molecular complexity index is 292. The molecule has 0 atom stereocenters. The molecule has 0 unspecified atom stereocenters. The van der Waals surface area contributed by atoms with E-state index in [-0.39, 0.29) is 6.61 Å². The lowest BCUT2D eigenvalue weighted by molar-refractivity contribution is 0.225. The third-order valence-electron chi connectivity index (χ3n) is 2.23. The summed E-state index contributed by atoms with van der Waals surface area (Å²) in [5.74, 6) is 0. The van der Waals surface area contributed by atoms with E-state index in [2.05, 4.69) is 27.3 Å². The van der Waals surface area contributed by atoms with Crippen LogP contribution in [0.5, 0.6) is 0 Å². The lowest BCUT2D eigenvalue weighted by atomic mass is 10.4. The molecule has 6 heteroatoms. The molecule has 16 heavy (non-hydrogen) atoms. The van der Waals surface area contributed by atoms with Crippen LogP contribution in [0.1, 0.15) is 25.3 Å². The molecule has 1 heterocycles. The minimum Gasteiger partial charge on any atom is -0.396 e. The summed E-state index contributed by atoms with van der Waals surface area (Å²) in [6.07, 6.45) is 0.812. The van der Waals surface area contributed by atoms with Gasteiger partial charge < -0.3 is 10.4 Å². The number of nitrogens with one attached hydrogen (secondary N) is 1. The second kappa shape index (κ2) is 7.54. The molecular weight excluding hydrogens is 224 g/mol. The van der Waals surface area contributed by atoms with Crippen LogP contribution in [0.3, 0.4) is 0 Å². The highest BCUT2D eigenvalue weighted by atomic mass is 32.1. The van der Waals surface area contributed by atoms with Gasteiger partial charge in [-0.05, 0) is 19.9 Å². The quantitative estimate of drug-likeness (QED) is 0.719. The van der Waals surface area contributed by atoms with Gasteiger partial charge in [0, 0.05) is 19.7 Å². The number of aromatic nitrogens is 2. The maximum Gasteiger partial charge on any atom is 0.205 e. The summed E-state index contributed by atoms with van der Waals surface area (Å²) in [5.41, 5.74) is 0. The molecule has 92 valence electrons. The molecule has 0 aliphatic rings. The minimum absolute atomic E-state index is 0.245. The van der Waals surface area contributed by atoms with E-state index in [0.29, 0.717) is 0 Å². The molecule has 0 aliphatic heterocycles. The first-order valence-corrected chi connectivity index (χ1v) is 6.51. The van der Waals surface area contributed by atoms with E-state index in [1.807, 2.05) is 6.92 Å². The third kappa shape index (κ3) is 4.42. The molecule has 0 bridgehead atoms. The van der Waals surface area contributed by atoms with Crippen molar-refractivity contribution in [3.05, 3.63) is 5.01 Å². The van der Waals surface area contributed by atoms with Gasteiger partial charge in [0.15, 0.2) is 0 Å². The van der Waals surface area contributed by atoms with E-state index in [9.17, 15) is 0 Å². The fraction of sp³-hybridized carbons (Fsp3) is 0.800. The van der Waals surface area contributed by atoms with Gasteiger partial charge in [0.25, 0.3) is 0 Å². The standard InChI is InChI=1S/C10H20N4OS/c1-3-11-10-13-12-9(16-10)8-14(4-2)6-5-7-15/h15H,3-8H2,1-2H3,(H,11,13). The lowest BCUT2D eigenvalue weighted by Crippen LogP contribution is -2.24. The summed E-state index contributed by atoms with van der Waals surface area (Å²) in [6.45, 7) is 7.97. The van der Waals surface area contributed by atoms with Crippen molar-refractivity contribution in [2.75, 3.05) is 31.6 Å². The number of nitrogens with zero attached hydrogens (tertiary/aromatic N) is 3. The van der Waals surface area contributed by atoms with Crippen molar-refractivity contribution in [2.45, 2.75) is 26.8 Å². The number of rotatable bonds is 8. The van der Waals surface area contributed by atoms with Crippen molar-refractivity contribution in [3.8, 4) is 0 Å². The summed E-state index contributed by atoms with van der Waals surface area (Å²) in [6, 6.07) is 0. The van der Waals surface area contributed by atoms with Crippen LogP contribution in [0.25, 0.3) is 0 Å². The van der Waals surface area contributed by atoms with Gasteiger partial charge in [-0.25, -0.2) is 0 Å². The van der Waals surface area contributed by atoms with Crippen molar-refractivity contribution in [1.82, 2.24) is 15.1 Å². The maximum absolute atomic E-state index is 8.79. The first kappa shape index (κ1) is 13.3. The molecule has 5 nitrogen and oxygen atoms in total. The number of hydrogen-bond acceptors (Lipinski definition) is 6. The van der Waals surface area contributed by atoms with Gasteiger partial charge in [-0.2, -0.15) is 0 Å². The summed E-state index contributed by atoms with van der Waals surface area (Å²) in [4.78, 5) is 2.26.